The van der Waals surface area contributed by atoms with Crippen molar-refractivity contribution in [2.24, 2.45) is 5.73 Å². The zero-order valence-electron chi connectivity index (χ0n) is 11.4. The summed E-state index contributed by atoms with van der Waals surface area (Å²) in [4.78, 5) is 12.3. The number of rotatable bonds is 4. The lowest BCUT2D eigenvalue weighted by atomic mass is 9.98. The smallest absolute Gasteiger partial charge is 0.251 e. The monoisotopic (exact) mass is 256 g/mol. The molecule has 100 valence electrons. The molecule has 3 N–H and O–H groups in total. The zero-order valence-corrected chi connectivity index (χ0v) is 11.4. The second-order valence-electron chi connectivity index (χ2n) is 5.13. The van der Waals surface area contributed by atoms with Gasteiger partial charge >= 0.3 is 0 Å². The molecule has 2 rings (SSSR count). The Hall–Kier alpha value is -1.87. The minimum atomic E-state index is -0.345. The molecule has 0 radical (unpaired) electrons. The molecule has 1 unspecified atom stereocenters. The summed E-state index contributed by atoms with van der Waals surface area (Å²) >= 11 is 0. The summed E-state index contributed by atoms with van der Waals surface area (Å²) in [7, 11) is 0. The molecule has 3 heteroatoms. The van der Waals surface area contributed by atoms with Gasteiger partial charge in [-0.2, -0.15) is 0 Å². The van der Waals surface area contributed by atoms with Crippen LogP contribution in [0.4, 0.5) is 0 Å². The third-order valence-electron chi connectivity index (χ3n) is 3.66. The number of hydrogen-bond acceptors (Lipinski definition) is 2. The maximum Gasteiger partial charge on any atom is 0.251 e. The van der Waals surface area contributed by atoms with Crippen LogP contribution in [0.2, 0.25) is 0 Å². The summed E-state index contributed by atoms with van der Waals surface area (Å²) < 4.78 is 0. The van der Waals surface area contributed by atoms with Crippen molar-refractivity contribution in [1.29, 1.82) is 0 Å². The van der Waals surface area contributed by atoms with Crippen molar-refractivity contribution in [2.75, 3.05) is 6.54 Å². The Morgan fingerprint density at radius 2 is 1.89 bits per heavy atom. The van der Waals surface area contributed by atoms with Gasteiger partial charge in [-0.15, -0.1) is 0 Å². The van der Waals surface area contributed by atoms with Gasteiger partial charge in [-0.3, -0.25) is 4.79 Å². The molecule has 0 heterocycles. The largest absolute Gasteiger partial charge is 0.346 e. The Labute approximate surface area is 113 Å². The number of benzene rings is 2. The highest BCUT2D eigenvalue weighted by Gasteiger charge is 2.22. The molecule has 0 aromatic heterocycles. The second-order valence-corrected chi connectivity index (χ2v) is 5.13. The first-order valence-electron chi connectivity index (χ1n) is 6.59. The van der Waals surface area contributed by atoms with E-state index in [4.69, 9.17) is 5.73 Å². The fraction of sp³-hybridized carbons (Fsp3) is 0.312. The van der Waals surface area contributed by atoms with Crippen molar-refractivity contribution in [3.05, 3.63) is 48.0 Å². The predicted molar refractivity (Wildman–Crippen MR) is 79.2 cm³/mol. The van der Waals surface area contributed by atoms with E-state index in [0.29, 0.717) is 12.1 Å². The van der Waals surface area contributed by atoms with E-state index in [1.807, 2.05) is 56.3 Å². The number of carbonyl (C=O) groups is 1. The predicted octanol–water partition coefficient (Wildman–Crippen LogP) is 2.70. The van der Waals surface area contributed by atoms with Crippen LogP contribution in [-0.2, 0) is 0 Å². The topological polar surface area (TPSA) is 55.1 Å². The molecule has 3 nitrogen and oxygen atoms in total. The van der Waals surface area contributed by atoms with Crippen molar-refractivity contribution >= 4 is 16.7 Å². The molecule has 0 aliphatic heterocycles. The number of amides is 1. The lowest BCUT2D eigenvalue weighted by Crippen LogP contribution is -2.50. The van der Waals surface area contributed by atoms with Gasteiger partial charge in [0.15, 0.2) is 0 Å². The fourth-order valence-corrected chi connectivity index (χ4v) is 1.96. The van der Waals surface area contributed by atoms with Crippen LogP contribution < -0.4 is 11.1 Å². The van der Waals surface area contributed by atoms with Crippen LogP contribution in [0.25, 0.3) is 10.8 Å². The highest BCUT2D eigenvalue weighted by molar-refractivity contribution is 5.98. The molecule has 0 aliphatic rings. The Morgan fingerprint density at radius 3 is 2.53 bits per heavy atom. The standard InChI is InChI=1S/C16H20N2O/c1-3-16(2,11-17)18-15(19)14-9-8-12-6-4-5-7-13(12)10-14/h4-10H,3,11,17H2,1-2H3,(H,18,19). The van der Waals surface area contributed by atoms with Gasteiger partial charge in [-0.05, 0) is 36.2 Å². The number of hydrogen-bond donors (Lipinski definition) is 2. The van der Waals surface area contributed by atoms with Crippen molar-refractivity contribution in [2.45, 2.75) is 25.8 Å². The Balaban J connectivity index is 2.26. The van der Waals surface area contributed by atoms with Crippen LogP contribution >= 0.6 is 0 Å². The third-order valence-corrected chi connectivity index (χ3v) is 3.66. The van der Waals surface area contributed by atoms with Gasteiger partial charge < -0.3 is 11.1 Å². The molecule has 0 bridgehead atoms. The molecule has 19 heavy (non-hydrogen) atoms. The second kappa shape index (κ2) is 5.41. The maximum absolute atomic E-state index is 12.3. The lowest BCUT2D eigenvalue weighted by molar-refractivity contribution is 0.0907. The molecule has 0 saturated heterocycles. The van der Waals surface area contributed by atoms with Crippen LogP contribution in [0.5, 0.6) is 0 Å². The first-order chi connectivity index (χ1) is 9.08. The van der Waals surface area contributed by atoms with Crippen LogP contribution in [0.3, 0.4) is 0 Å². The number of fused-ring (bicyclic) bond motifs is 1. The first kappa shape index (κ1) is 13.6. The highest BCUT2D eigenvalue weighted by atomic mass is 16.1. The minimum absolute atomic E-state index is 0.0689. The molecule has 0 spiro atoms. The van der Waals surface area contributed by atoms with E-state index in [1.54, 1.807) is 0 Å². The molecule has 1 amide bonds. The molecular formula is C16H20N2O. The highest BCUT2D eigenvalue weighted by Crippen LogP contribution is 2.16. The van der Waals surface area contributed by atoms with E-state index in [1.165, 1.54) is 0 Å². The third kappa shape index (κ3) is 2.93. The Morgan fingerprint density at radius 1 is 1.21 bits per heavy atom. The van der Waals surface area contributed by atoms with Crippen LogP contribution in [-0.4, -0.2) is 18.0 Å². The van der Waals surface area contributed by atoms with Crippen molar-refractivity contribution in [3.8, 4) is 0 Å². The first-order valence-corrected chi connectivity index (χ1v) is 6.59. The van der Waals surface area contributed by atoms with E-state index in [2.05, 4.69) is 5.32 Å². The van der Waals surface area contributed by atoms with E-state index < -0.39 is 0 Å². The number of carbonyl (C=O) groups excluding carboxylic acids is 1. The quantitative estimate of drug-likeness (QED) is 0.883. The van der Waals surface area contributed by atoms with Gasteiger partial charge in [-0.1, -0.05) is 37.3 Å². The molecule has 1 atom stereocenters. The Bertz CT molecular complexity index is 588. The van der Waals surface area contributed by atoms with Crippen molar-refractivity contribution in [3.63, 3.8) is 0 Å². The van der Waals surface area contributed by atoms with Crippen molar-refractivity contribution < 1.29 is 4.79 Å². The molecule has 2 aromatic rings. The van der Waals surface area contributed by atoms with E-state index >= 15 is 0 Å². The van der Waals surface area contributed by atoms with E-state index in [-0.39, 0.29) is 11.4 Å². The summed E-state index contributed by atoms with van der Waals surface area (Å²) in [6.07, 6.45) is 0.808. The fourth-order valence-electron chi connectivity index (χ4n) is 1.96. The van der Waals surface area contributed by atoms with Gasteiger partial charge in [0.2, 0.25) is 0 Å². The van der Waals surface area contributed by atoms with Crippen molar-refractivity contribution in [1.82, 2.24) is 5.32 Å². The van der Waals surface area contributed by atoms with Crippen LogP contribution in [0.15, 0.2) is 42.5 Å². The molecule has 0 fully saturated rings. The summed E-state index contributed by atoms with van der Waals surface area (Å²) in [5.74, 6) is -0.0689. The van der Waals surface area contributed by atoms with Gasteiger partial charge in [0, 0.05) is 17.6 Å². The van der Waals surface area contributed by atoms with Crippen LogP contribution in [0.1, 0.15) is 30.6 Å². The average molecular weight is 256 g/mol. The van der Waals surface area contributed by atoms with Gasteiger partial charge in [0.05, 0.1) is 0 Å². The lowest BCUT2D eigenvalue weighted by Gasteiger charge is -2.28. The SMILES string of the molecule is CCC(C)(CN)NC(=O)c1ccc2ccccc2c1. The van der Waals surface area contributed by atoms with E-state index in [9.17, 15) is 4.79 Å². The van der Waals surface area contributed by atoms with Crippen LogP contribution in [0, 0.1) is 0 Å². The van der Waals surface area contributed by atoms with Gasteiger partial charge in [0.25, 0.3) is 5.91 Å². The summed E-state index contributed by atoms with van der Waals surface area (Å²) in [5.41, 5.74) is 6.05. The van der Waals surface area contributed by atoms with Gasteiger partial charge in [0.1, 0.15) is 0 Å². The zero-order chi connectivity index (χ0) is 13.9. The van der Waals surface area contributed by atoms with E-state index in [0.717, 1.165) is 17.2 Å². The number of nitrogens with one attached hydrogen (secondary N) is 1. The summed E-state index contributed by atoms with van der Waals surface area (Å²) in [6.45, 7) is 4.42. The normalized spacial score (nSPS) is 14.1. The maximum atomic E-state index is 12.3. The molecule has 0 saturated carbocycles. The average Bonchev–Trinajstić information content (AvgIpc) is 2.46. The van der Waals surface area contributed by atoms with Gasteiger partial charge in [-0.25, -0.2) is 0 Å². The molecule has 0 aliphatic carbocycles. The summed E-state index contributed by atoms with van der Waals surface area (Å²) in [5, 5.41) is 5.22. The molecule has 2 aromatic carbocycles. The minimum Gasteiger partial charge on any atom is -0.346 e. The number of nitrogens with two attached hydrogens (primary N) is 1. The molecular weight excluding hydrogens is 236 g/mol. The Kier molecular flexibility index (Phi) is 3.86. The summed E-state index contributed by atoms with van der Waals surface area (Å²) in [6, 6.07) is 13.7.